The van der Waals surface area contributed by atoms with Crippen LogP contribution in [-0.2, 0) is 15.8 Å². The Morgan fingerprint density at radius 3 is 2.38 bits per heavy atom. The molecule has 3 aromatic rings. The number of aryl methyl sites for hydroxylation is 1. The number of hydrogen-bond acceptors (Lipinski definition) is 4. The van der Waals surface area contributed by atoms with Gasteiger partial charge < -0.3 is 10.8 Å². The molecule has 0 radical (unpaired) electrons. The molecule has 1 heterocycles. The Morgan fingerprint density at radius 1 is 1.12 bits per heavy atom. The fourth-order valence-corrected chi connectivity index (χ4v) is 3.26. The lowest BCUT2D eigenvalue weighted by atomic mass is 10.1. The number of hydrogen-bond donors (Lipinski definition) is 3. The number of carbonyl (C=O) groups is 2. The van der Waals surface area contributed by atoms with Crippen LogP contribution in [0.25, 0.3) is 16.6 Å². The number of nitrogens with zero attached hydrogens (tertiary/aromatic N) is 2. The molecule has 10 heteroatoms. The van der Waals surface area contributed by atoms with E-state index in [1.54, 1.807) is 24.3 Å². The van der Waals surface area contributed by atoms with Gasteiger partial charge >= 0.3 is 6.18 Å². The highest BCUT2D eigenvalue weighted by atomic mass is 19.4. The summed E-state index contributed by atoms with van der Waals surface area (Å²) < 4.78 is 41.3. The van der Waals surface area contributed by atoms with Crippen LogP contribution < -0.4 is 11.2 Å². The number of alkyl halides is 3. The molecule has 0 aliphatic heterocycles. The number of amides is 2. The van der Waals surface area contributed by atoms with Crippen molar-refractivity contribution in [2.45, 2.75) is 32.9 Å². The lowest BCUT2D eigenvalue weighted by molar-refractivity contribution is -0.137. The van der Waals surface area contributed by atoms with Crippen LogP contribution in [0.2, 0.25) is 0 Å². The number of halogens is 3. The second kappa shape index (κ2) is 8.74. The van der Waals surface area contributed by atoms with Gasteiger partial charge in [0.1, 0.15) is 0 Å². The lowest BCUT2D eigenvalue weighted by Crippen LogP contribution is -2.21. The topological polar surface area (TPSA) is 110 Å². The molecule has 0 unspecified atom stereocenters. The number of aromatic nitrogens is 1. The second-order valence-corrected chi connectivity index (χ2v) is 7.30. The Bertz CT molecular complexity index is 1210. The van der Waals surface area contributed by atoms with Crippen molar-refractivity contribution in [1.29, 1.82) is 0 Å². The minimum absolute atomic E-state index is 0.130. The predicted molar refractivity (Wildman–Crippen MR) is 113 cm³/mol. The van der Waals surface area contributed by atoms with Crippen LogP contribution in [0.15, 0.2) is 47.6 Å². The van der Waals surface area contributed by atoms with Crippen molar-refractivity contribution in [1.82, 2.24) is 9.99 Å². The van der Waals surface area contributed by atoms with Crippen molar-refractivity contribution in [2.24, 2.45) is 10.8 Å². The number of nitrogens with one attached hydrogen (secondary N) is 1. The maximum Gasteiger partial charge on any atom is 0.416 e. The summed E-state index contributed by atoms with van der Waals surface area (Å²) in [5.74, 6) is -1.53. The summed E-state index contributed by atoms with van der Waals surface area (Å²) in [6.07, 6.45) is -4.89. The van der Waals surface area contributed by atoms with Gasteiger partial charge in [-0.05, 0) is 38.1 Å². The zero-order valence-corrected chi connectivity index (χ0v) is 17.3. The number of carbonyl (C=O) groups excluding carboxylic acids is 2. The fraction of sp³-hybridized carbons (Fsp3) is 0.227. The number of aromatic hydroxyl groups is 1. The molecule has 3 rings (SSSR count). The Labute approximate surface area is 181 Å². The minimum atomic E-state index is -4.57. The number of nitrogens with two attached hydrogens (primary N) is 1. The summed E-state index contributed by atoms with van der Waals surface area (Å²) in [6, 6.07) is 10.0. The number of hydrazone groups is 1. The van der Waals surface area contributed by atoms with Gasteiger partial charge in [0.15, 0.2) is 0 Å². The van der Waals surface area contributed by atoms with Gasteiger partial charge in [0.25, 0.3) is 0 Å². The maximum atomic E-state index is 13.3. The van der Waals surface area contributed by atoms with Crippen LogP contribution in [0.1, 0.15) is 36.5 Å². The smallest absolute Gasteiger partial charge is 0.416 e. The van der Waals surface area contributed by atoms with E-state index in [2.05, 4.69) is 10.5 Å². The molecule has 4 N–H and O–H groups in total. The quantitative estimate of drug-likeness (QED) is 0.396. The van der Waals surface area contributed by atoms with E-state index in [1.807, 2.05) is 6.92 Å². The molecule has 2 amide bonds. The van der Waals surface area contributed by atoms with Crippen molar-refractivity contribution >= 4 is 28.4 Å². The first-order chi connectivity index (χ1) is 15.0. The second-order valence-electron chi connectivity index (χ2n) is 7.30. The van der Waals surface area contributed by atoms with E-state index in [9.17, 15) is 27.9 Å². The Morgan fingerprint density at radius 2 is 1.78 bits per heavy atom. The van der Waals surface area contributed by atoms with E-state index < -0.39 is 23.6 Å². The third-order valence-electron chi connectivity index (χ3n) is 4.87. The number of benzene rings is 2. The fourth-order valence-electron chi connectivity index (χ4n) is 3.26. The highest BCUT2D eigenvalue weighted by Crippen LogP contribution is 2.38. The Balaban J connectivity index is 2.13. The lowest BCUT2D eigenvalue weighted by Gasteiger charge is -2.10. The van der Waals surface area contributed by atoms with Crippen molar-refractivity contribution in [3.05, 3.63) is 59.2 Å². The van der Waals surface area contributed by atoms with E-state index in [1.165, 1.54) is 17.6 Å². The van der Waals surface area contributed by atoms with Gasteiger partial charge in [-0.25, -0.2) is 5.43 Å². The number of rotatable bonds is 6. The third-order valence-corrected chi connectivity index (χ3v) is 4.87. The molecule has 7 nitrogen and oxygen atoms in total. The molecule has 0 atom stereocenters. The largest absolute Gasteiger partial charge is 0.494 e. The van der Waals surface area contributed by atoms with Gasteiger partial charge in [0.05, 0.1) is 22.4 Å². The molecule has 0 aliphatic rings. The Kier molecular flexibility index (Phi) is 6.24. The van der Waals surface area contributed by atoms with Crippen molar-refractivity contribution < 1.29 is 27.9 Å². The average molecular weight is 446 g/mol. The van der Waals surface area contributed by atoms with E-state index in [4.69, 9.17) is 5.73 Å². The van der Waals surface area contributed by atoms with Gasteiger partial charge in [0.2, 0.25) is 17.7 Å². The zero-order chi connectivity index (χ0) is 23.6. The standard InChI is InChI=1S/C22H21F3N4O3/c1-12-3-6-15(7-4-12)29-17-11-14(22(23,24)25)5-8-16(17)20(21(29)32)13(2)27-28-19(31)10-9-18(26)30/h3-8,11,32H,9-10H2,1-2H3,(H2,26,30)(H,28,31). The summed E-state index contributed by atoms with van der Waals surface area (Å²) in [4.78, 5) is 22.6. The van der Waals surface area contributed by atoms with E-state index >= 15 is 0 Å². The SMILES string of the molecule is CC(=NNC(=O)CCC(N)=O)c1c(O)n(-c2ccc(C)cc2)c2cc(C(F)(F)F)ccc12. The highest BCUT2D eigenvalue weighted by Gasteiger charge is 2.32. The van der Waals surface area contributed by atoms with Gasteiger partial charge in [-0.15, -0.1) is 0 Å². The molecule has 0 fully saturated rings. The molecule has 2 aromatic carbocycles. The molecule has 0 bridgehead atoms. The molecular weight excluding hydrogens is 425 g/mol. The van der Waals surface area contributed by atoms with Crippen LogP contribution in [0.3, 0.4) is 0 Å². The summed E-state index contributed by atoms with van der Waals surface area (Å²) in [5.41, 5.74) is 8.28. The average Bonchev–Trinajstić information content (AvgIpc) is 3.01. The predicted octanol–water partition coefficient (Wildman–Crippen LogP) is 3.77. The van der Waals surface area contributed by atoms with Crippen molar-refractivity contribution in [3.63, 3.8) is 0 Å². The van der Waals surface area contributed by atoms with Gasteiger partial charge in [-0.3, -0.25) is 14.2 Å². The number of primary amides is 1. The van der Waals surface area contributed by atoms with Crippen LogP contribution >= 0.6 is 0 Å². The van der Waals surface area contributed by atoms with Crippen molar-refractivity contribution in [3.8, 4) is 11.6 Å². The van der Waals surface area contributed by atoms with E-state index in [0.717, 1.165) is 17.7 Å². The van der Waals surface area contributed by atoms with E-state index in [0.29, 0.717) is 11.1 Å². The van der Waals surface area contributed by atoms with Crippen molar-refractivity contribution in [2.75, 3.05) is 0 Å². The first-order valence-corrected chi connectivity index (χ1v) is 9.62. The van der Waals surface area contributed by atoms with Gasteiger partial charge in [-0.1, -0.05) is 23.8 Å². The van der Waals surface area contributed by atoms with Crippen LogP contribution in [-0.4, -0.2) is 27.2 Å². The monoisotopic (exact) mass is 446 g/mol. The minimum Gasteiger partial charge on any atom is -0.494 e. The Hall–Kier alpha value is -3.82. The van der Waals surface area contributed by atoms with Gasteiger partial charge in [0, 0.05) is 23.9 Å². The molecule has 1 aromatic heterocycles. The third kappa shape index (κ3) is 4.74. The maximum absolute atomic E-state index is 13.3. The molecule has 168 valence electrons. The summed E-state index contributed by atoms with van der Waals surface area (Å²) in [5, 5.41) is 15.2. The summed E-state index contributed by atoms with van der Waals surface area (Å²) in [6.45, 7) is 3.36. The molecular formula is C22H21F3N4O3. The first-order valence-electron chi connectivity index (χ1n) is 9.62. The van der Waals surface area contributed by atoms with Gasteiger partial charge in [-0.2, -0.15) is 18.3 Å². The van der Waals surface area contributed by atoms with E-state index in [-0.39, 0.29) is 35.5 Å². The molecule has 0 saturated carbocycles. The highest BCUT2D eigenvalue weighted by molar-refractivity contribution is 6.13. The normalized spacial score (nSPS) is 12.2. The molecule has 0 aliphatic carbocycles. The number of fused-ring (bicyclic) bond motifs is 1. The van der Waals surface area contributed by atoms with Crippen LogP contribution in [0, 0.1) is 6.92 Å². The molecule has 0 saturated heterocycles. The molecule has 0 spiro atoms. The zero-order valence-electron chi connectivity index (χ0n) is 17.3. The molecule has 32 heavy (non-hydrogen) atoms. The van der Waals surface area contributed by atoms with Crippen LogP contribution in [0.5, 0.6) is 5.88 Å². The summed E-state index contributed by atoms with van der Waals surface area (Å²) >= 11 is 0. The van der Waals surface area contributed by atoms with Crippen LogP contribution in [0.4, 0.5) is 13.2 Å². The summed E-state index contributed by atoms with van der Waals surface area (Å²) in [7, 11) is 0. The first kappa shape index (κ1) is 22.9.